The lowest BCUT2D eigenvalue weighted by molar-refractivity contribution is 0.592. The van der Waals surface area contributed by atoms with Crippen molar-refractivity contribution in [2.24, 2.45) is 0 Å². The Bertz CT molecular complexity index is 1390. The Morgan fingerprint density at radius 1 is 1.22 bits per heavy atom. The first-order chi connectivity index (χ1) is 15.1. The molecule has 1 aromatic carbocycles. The van der Waals surface area contributed by atoms with Crippen LogP contribution in [0, 0.1) is 17.1 Å². The summed E-state index contributed by atoms with van der Waals surface area (Å²) in [5.41, 5.74) is 6.01. The first-order valence-electron chi connectivity index (χ1n) is 9.73. The molecule has 162 valence electrons. The molecule has 9 nitrogen and oxygen atoms in total. The number of halogens is 1. The summed E-state index contributed by atoms with van der Waals surface area (Å²) in [7, 11) is 0. The first-order valence-corrected chi connectivity index (χ1v) is 9.73. The Balaban J connectivity index is 0.00000245. The van der Waals surface area contributed by atoms with Crippen LogP contribution in [0.15, 0.2) is 53.6 Å². The van der Waals surface area contributed by atoms with Gasteiger partial charge < -0.3 is 10.6 Å². The van der Waals surface area contributed by atoms with Crippen LogP contribution in [0.1, 0.15) is 30.3 Å². The molecule has 32 heavy (non-hydrogen) atoms. The van der Waals surface area contributed by atoms with Gasteiger partial charge in [0.05, 0.1) is 17.9 Å². The topological polar surface area (TPSA) is 118 Å². The molecule has 1 saturated heterocycles. The number of nitrogens with two attached hydrogens (primary N) is 1. The lowest BCUT2D eigenvalue weighted by Gasteiger charge is -2.27. The van der Waals surface area contributed by atoms with Crippen molar-refractivity contribution in [2.75, 3.05) is 17.2 Å². The average Bonchev–Trinajstić information content (AvgIpc) is 3.41. The number of anilines is 2. The number of hydrogen-bond acceptors (Lipinski definition) is 7. The number of para-hydroxylation sites is 1. The van der Waals surface area contributed by atoms with Crippen molar-refractivity contribution in [1.29, 1.82) is 5.26 Å². The van der Waals surface area contributed by atoms with E-state index in [0.29, 0.717) is 30.3 Å². The SMILES string of the molecule is N#Cc1cnc(N)nc1N1CCC[C@H]1c1nn2ccc(F)c2c(=O)n1-c1ccccc1.S. The van der Waals surface area contributed by atoms with Gasteiger partial charge in [0, 0.05) is 12.7 Å². The van der Waals surface area contributed by atoms with Crippen molar-refractivity contribution >= 4 is 30.8 Å². The zero-order chi connectivity index (χ0) is 21.5. The molecule has 3 aromatic heterocycles. The second-order valence-corrected chi connectivity index (χ2v) is 7.22. The Kier molecular flexibility index (Phi) is 5.54. The quantitative estimate of drug-likeness (QED) is 0.509. The summed E-state index contributed by atoms with van der Waals surface area (Å²) in [6.45, 7) is 0.596. The van der Waals surface area contributed by atoms with Gasteiger partial charge in [0.2, 0.25) is 5.95 Å². The van der Waals surface area contributed by atoms with Crippen LogP contribution in [0.25, 0.3) is 11.2 Å². The molecule has 1 aliphatic rings. The van der Waals surface area contributed by atoms with Gasteiger partial charge in [-0.1, -0.05) is 18.2 Å². The average molecular weight is 451 g/mol. The highest BCUT2D eigenvalue weighted by Crippen LogP contribution is 2.36. The fourth-order valence-corrected chi connectivity index (χ4v) is 4.06. The molecule has 2 N–H and O–H groups in total. The maximum atomic E-state index is 14.3. The van der Waals surface area contributed by atoms with Gasteiger partial charge >= 0.3 is 0 Å². The molecule has 0 spiro atoms. The normalized spacial score (nSPS) is 15.5. The molecule has 1 aliphatic heterocycles. The Morgan fingerprint density at radius 2 is 2.00 bits per heavy atom. The van der Waals surface area contributed by atoms with Gasteiger partial charge in [-0.15, -0.1) is 0 Å². The Hall–Kier alpha value is -3.91. The smallest absolute Gasteiger partial charge is 0.285 e. The third-order valence-corrected chi connectivity index (χ3v) is 5.41. The number of fused-ring (bicyclic) bond motifs is 1. The van der Waals surface area contributed by atoms with Gasteiger partial charge in [-0.05, 0) is 31.0 Å². The predicted molar refractivity (Wildman–Crippen MR) is 122 cm³/mol. The number of nitrogens with zero attached hydrogens (tertiary/aromatic N) is 7. The lowest BCUT2D eigenvalue weighted by atomic mass is 10.1. The van der Waals surface area contributed by atoms with Gasteiger partial charge in [0.15, 0.2) is 23.0 Å². The van der Waals surface area contributed by atoms with Crippen molar-refractivity contribution in [2.45, 2.75) is 18.9 Å². The molecule has 5 rings (SSSR count). The zero-order valence-corrected chi connectivity index (χ0v) is 17.8. The summed E-state index contributed by atoms with van der Waals surface area (Å²) in [4.78, 5) is 23.4. The van der Waals surface area contributed by atoms with Gasteiger partial charge in [0.1, 0.15) is 11.6 Å². The van der Waals surface area contributed by atoms with E-state index in [9.17, 15) is 14.4 Å². The molecular weight excluding hydrogens is 431 g/mol. The summed E-state index contributed by atoms with van der Waals surface area (Å²) in [6.07, 6.45) is 4.27. The molecule has 4 heterocycles. The second kappa shape index (κ2) is 8.32. The third-order valence-electron chi connectivity index (χ3n) is 5.41. The monoisotopic (exact) mass is 450 g/mol. The highest BCUT2D eigenvalue weighted by Gasteiger charge is 2.34. The van der Waals surface area contributed by atoms with Crippen LogP contribution in [-0.4, -0.2) is 30.7 Å². The highest BCUT2D eigenvalue weighted by molar-refractivity contribution is 7.59. The van der Waals surface area contributed by atoms with Crippen LogP contribution in [0.5, 0.6) is 0 Å². The molecule has 4 aromatic rings. The molecule has 0 aliphatic carbocycles. The number of nitrogen functional groups attached to an aromatic ring is 1. The fraction of sp³-hybridized carbons (Fsp3) is 0.190. The standard InChI is InChI=1S/C21H17FN8O.H2S/c22-15-8-10-29-17(15)20(31)30(14-5-2-1-3-6-14)19(27-29)16-7-4-9-28(16)18-13(11-23)12-25-21(24)26-18;/h1-3,5-6,8,10,12,16H,4,7,9H2,(H2,24,25,26);1H2/t16-;/m0./s1. The van der Waals surface area contributed by atoms with E-state index in [1.165, 1.54) is 27.5 Å². The van der Waals surface area contributed by atoms with Crippen LogP contribution in [0.4, 0.5) is 16.2 Å². The predicted octanol–water partition coefficient (Wildman–Crippen LogP) is 2.32. The lowest BCUT2D eigenvalue weighted by Crippen LogP contribution is -2.33. The van der Waals surface area contributed by atoms with Crippen LogP contribution in [-0.2, 0) is 0 Å². The highest BCUT2D eigenvalue weighted by atomic mass is 32.1. The van der Waals surface area contributed by atoms with Crippen LogP contribution in [0.3, 0.4) is 0 Å². The Morgan fingerprint density at radius 3 is 2.75 bits per heavy atom. The van der Waals surface area contributed by atoms with Crippen molar-refractivity contribution in [3.05, 3.63) is 76.4 Å². The summed E-state index contributed by atoms with van der Waals surface area (Å²) in [6, 6.07) is 11.9. The minimum absolute atomic E-state index is 0. The van der Waals surface area contributed by atoms with E-state index in [2.05, 4.69) is 21.1 Å². The number of rotatable bonds is 3. The molecule has 11 heteroatoms. The molecule has 0 amide bonds. The number of hydrogen-bond donors (Lipinski definition) is 1. The maximum absolute atomic E-state index is 14.3. The van der Waals surface area contributed by atoms with Crippen LogP contribution in [0.2, 0.25) is 0 Å². The summed E-state index contributed by atoms with van der Waals surface area (Å²) in [5.74, 6) is 0.242. The van der Waals surface area contributed by atoms with Crippen molar-refractivity contribution in [3.63, 3.8) is 0 Å². The zero-order valence-electron chi connectivity index (χ0n) is 16.8. The largest absolute Gasteiger partial charge is 0.368 e. The number of aromatic nitrogens is 5. The van der Waals surface area contributed by atoms with Gasteiger partial charge in [-0.3, -0.25) is 9.36 Å². The van der Waals surface area contributed by atoms with E-state index in [1.54, 1.807) is 24.3 Å². The molecule has 0 saturated carbocycles. The summed E-state index contributed by atoms with van der Waals surface area (Å²) < 4.78 is 17.0. The van der Waals surface area contributed by atoms with Gasteiger partial charge in [-0.2, -0.15) is 28.8 Å². The van der Waals surface area contributed by atoms with Gasteiger partial charge in [0.25, 0.3) is 5.56 Å². The Labute approximate surface area is 189 Å². The third kappa shape index (κ3) is 3.34. The van der Waals surface area contributed by atoms with E-state index >= 15 is 0 Å². The van der Waals surface area contributed by atoms with E-state index in [4.69, 9.17) is 5.73 Å². The first kappa shape index (κ1) is 21.3. The molecule has 0 radical (unpaired) electrons. The van der Waals surface area contributed by atoms with E-state index in [-0.39, 0.29) is 36.6 Å². The van der Waals surface area contributed by atoms with Crippen molar-refractivity contribution in [3.8, 4) is 11.8 Å². The minimum Gasteiger partial charge on any atom is -0.368 e. The van der Waals surface area contributed by atoms with E-state index < -0.39 is 11.4 Å². The fourth-order valence-electron chi connectivity index (χ4n) is 4.06. The van der Waals surface area contributed by atoms with Crippen molar-refractivity contribution in [1.82, 2.24) is 24.1 Å². The molecule has 0 bridgehead atoms. The van der Waals surface area contributed by atoms with Crippen LogP contribution >= 0.6 is 13.5 Å². The number of benzene rings is 1. The van der Waals surface area contributed by atoms with E-state index in [1.807, 2.05) is 11.0 Å². The van der Waals surface area contributed by atoms with Crippen LogP contribution < -0.4 is 16.2 Å². The molecular formula is C21H19FN8OS. The van der Waals surface area contributed by atoms with Crippen molar-refractivity contribution < 1.29 is 4.39 Å². The number of nitriles is 1. The summed E-state index contributed by atoms with van der Waals surface area (Å²) in [5, 5.41) is 14.1. The molecule has 1 atom stereocenters. The minimum atomic E-state index is -0.632. The molecule has 1 fully saturated rings. The second-order valence-electron chi connectivity index (χ2n) is 7.22. The summed E-state index contributed by atoms with van der Waals surface area (Å²) >= 11 is 0. The maximum Gasteiger partial charge on any atom is 0.285 e. The van der Waals surface area contributed by atoms with Gasteiger partial charge in [-0.25, -0.2) is 13.9 Å². The molecule has 0 unspecified atom stereocenters. The van der Waals surface area contributed by atoms with E-state index in [0.717, 1.165) is 6.42 Å².